The van der Waals surface area contributed by atoms with Crippen LogP contribution in [-0.4, -0.2) is 60.5 Å². The fourth-order valence-electron chi connectivity index (χ4n) is 3.73. The fraction of sp³-hybridized carbons (Fsp3) is 0.556. The molecule has 0 unspecified atom stereocenters. The molecule has 2 N–H and O–H groups in total. The number of anilines is 1. The molecule has 3 rings (SSSR count). The highest BCUT2D eigenvalue weighted by Gasteiger charge is 2.42. The van der Waals surface area contributed by atoms with Crippen LogP contribution in [0.25, 0.3) is 0 Å². The smallest absolute Gasteiger partial charge is 0.321 e. The summed E-state index contributed by atoms with van der Waals surface area (Å²) in [6, 6.07) is 5.35. The van der Waals surface area contributed by atoms with Crippen LogP contribution in [-0.2, 0) is 4.79 Å². The Morgan fingerprint density at radius 3 is 2.88 bits per heavy atom. The molecule has 1 spiro atoms. The highest BCUT2D eigenvalue weighted by atomic mass is 35.5. The van der Waals surface area contributed by atoms with Crippen LogP contribution in [0, 0.1) is 6.92 Å². The van der Waals surface area contributed by atoms with Gasteiger partial charge in [0.15, 0.2) is 0 Å². The Morgan fingerprint density at radius 2 is 2.12 bits per heavy atom. The van der Waals surface area contributed by atoms with E-state index in [4.69, 9.17) is 11.6 Å². The fourth-order valence-corrected chi connectivity index (χ4v) is 3.96. The molecule has 2 fully saturated rings. The molecule has 3 amide bonds. The lowest BCUT2D eigenvalue weighted by molar-refractivity contribution is -0.121. The van der Waals surface area contributed by atoms with Gasteiger partial charge in [0.2, 0.25) is 5.91 Å². The summed E-state index contributed by atoms with van der Waals surface area (Å²) in [7, 11) is 2.09. The monoisotopic (exact) mass is 364 g/mol. The molecule has 6 nitrogen and oxygen atoms in total. The van der Waals surface area contributed by atoms with Crippen LogP contribution in [0.15, 0.2) is 18.2 Å². The van der Waals surface area contributed by atoms with Crippen LogP contribution in [0.1, 0.15) is 24.8 Å². The highest BCUT2D eigenvalue weighted by molar-refractivity contribution is 6.30. The van der Waals surface area contributed by atoms with Gasteiger partial charge in [-0.1, -0.05) is 11.6 Å². The van der Waals surface area contributed by atoms with Gasteiger partial charge < -0.3 is 15.5 Å². The number of halogens is 1. The molecular weight excluding hydrogens is 340 g/mol. The van der Waals surface area contributed by atoms with E-state index in [2.05, 4.69) is 22.6 Å². The van der Waals surface area contributed by atoms with E-state index in [9.17, 15) is 9.59 Å². The first-order chi connectivity index (χ1) is 11.9. The van der Waals surface area contributed by atoms with E-state index < -0.39 is 0 Å². The Hall–Kier alpha value is -1.79. The minimum atomic E-state index is -0.135. The third-order valence-electron chi connectivity index (χ3n) is 5.45. The van der Waals surface area contributed by atoms with Gasteiger partial charge in [-0.3, -0.25) is 9.69 Å². The number of likely N-dealkylation sites (N-methyl/N-ethyl adjacent to an activating group) is 1. The van der Waals surface area contributed by atoms with Crippen LogP contribution < -0.4 is 10.6 Å². The maximum Gasteiger partial charge on any atom is 0.321 e. The summed E-state index contributed by atoms with van der Waals surface area (Å²) < 4.78 is 0. The van der Waals surface area contributed by atoms with Crippen molar-refractivity contribution >= 4 is 29.2 Å². The number of urea groups is 1. The lowest BCUT2D eigenvalue weighted by atomic mass is 9.86. The second kappa shape index (κ2) is 7.22. The van der Waals surface area contributed by atoms with E-state index in [0.717, 1.165) is 30.6 Å². The normalized spacial score (nSPS) is 24.8. The van der Waals surface area contributed by atoms with Gasteiger partial charge in [-0.2, -0.15) is 0 Å². The van der Waals surface area contributed by atoms with Crippen LogP contribution in [0.4, 0.5) is 10.5 Å². The van der Waals surface area contributed by atoms with E-state index in [1.165, 1.54) is 0 Å². The third-order valence-corrected chi connectivity index (χ3v) is 5.68. The number of benzene rings is 1. The van der Waals surface area contributed by atoms with Crippen molar-refractivity contribution in [1.29, 1.82) is 0 Å². The topological polar surface area (TPSA) is 64.7 Å². The largest absolute Gasteiger partial charge is 0.356 e. The molecule has 2 aliphatic rings. The molecule has 2 saturated heterocycles. The van der Waals surface area contributed by atoms with Gasteiger partial charge in [-0.05, 0) is 50.6 Å². The lowest BCUT2D eigenvalue weighted by Gasteiger charge is -2.49. The van der Waals surface area contributed by atoms with Gasteiger partial charge in [0.05, 0.1) is 0 Å². The number of nitrogens with one attached hydrogen (secondary N) is 2. The number of carbonyl (C=O) groups excluding carboxylic acids is 2. The van der Waals surface area contributed by atoms with Crippen molar-refractivity contribution in [1.82, 2.24) is 15.1 Å². The highest BCUT2D eigenvalue weighted by Crippen LogP contribution is 2.31. The summed E-state index contributed by atoms with van der Waals surface area (Å²) in [4.78, 5) is 28.6. The Kier molecular flexibility index (Phi) is 5.20. The van der Waals surface area contributed by atoms with E-state index in [0.29, 0.717) is 31.1 Å². The van der Waals surface area contributed by atoms with Crippen molar-refractivity contribution in [2.24, 2.45) is 0 Å². The van der Waals surface area contributed by atoms with Gasteiger partial charge in [0.1, 0.15) is 0 Å². The first-order valence-electron chi connectivity index (χ1n) is 8.70. The second-order valence-electron chi connectivity index (χ2n) is 7.06. The molecular formula is C18H25ClN4O2. The quantitative estimate of drug-likeness (QED) is 0.804. The van der Waals surface area contributed by atoms with Crippen LogP contribution in [0.5, 0.6) is 0 Å². The third kappa shape index (κ3) is 3.90. The van der Waals surface area contributed by atoms with Gasteiger partial charge in [-0.25, -0.2) is 4.79 Å². The van der Waals surface area contributed by atoms with Gasteiger partial charge >= 0.3 is 6.03 Å². The standard InChI is InChI=1S/C18H25ClN4O2/c1-13-11-14(19)3-4-15(13)21-17(25)23-10-9-22(2)18(12-23)6-5-16(24)20-8-7-18/h3-4,11H,5-10,12H2,1-2H3,(H,20,24)(H,21,25)/t18-/m0/s1. The summed E-state index contributed by atoms with van der Waals surface area (Å²) in [5.41, 5.74) is 1.58. The maximum absolute atomic E-state index is 12.8. The molecule has 0 aromatic heterocycles. The van der Waals surface area contributed by atoms with E-state index in [-0.39, 0.29) is 17.5 Å². The summed E-state index contributed by atoms with van der Waals surface area (Å²) in [5.74, 6) is 0.101. The zero-order valence-electron chi connectivity index (χ0n) is 14.8. The van der Waals surface area contributed by atoms with Crippen molar-refractivity contribution in [3.8, 4) is 0 Å². The first-order valence-corrected chi connectivity index (χ1v) is 9.07. The average Bonchev–Trinajstić information content (AvgIpc) is 2.75. The van der Waals surface area contributed by atoms with Crippen molar-refractivity contribution in [2.45, 2.75) is 31.7 Å². The van der Waals surface area contributed by atoms with Crippen LogP contribution >= 0.6 is 11.6 Å². The number of hydrogen-bond donors (Lipinski definition) is 2. The van der Waals surface area contributed by atoms with E-state index in [1.807, 2.05) is 24.0 Å². The first kappa shape index (κ1) is 18.0. The van der Waals surface area contributed by atoms with Crippen molar-refractivity contribution < 1.29 is 9.59 Å². The molecule has 136 valence electrons. The number of hydrogen-bond acceptors (Lipinski definition) is 3. The molecule has 0 saturated carbocycles. The molecule has 1 aromatic carbocycles. The number of nitrogens with zero attached hydrogens (tertiary/aromatic N) is 2. The summed E-state index contributed by atoms with van der Waals surface area (Å²) in [6.07, 6.45) is 2.15. The SMILES string of the molecule is Cc1cc(Cl)ccc1NC(=O)N1CCN(C)[C@@]2(CCNC(=O)CC2)C1. The number of rotatable bonds is 1. The van der Waals surface area contributed by atoms with Gasteiger partial charge in [0, 0.05) is 48.8 Å². The summed E-state index contributed by atoms with van der Waals surface area (Å²) in [6.45, 7) is 4.71. The van der Waals surface area contributed by atoms with Crippen LogP contribution in [0.3, 0.4) is 0 Å². The molecule has 2 aliphatic heterocycles. The lowest BCUT2D eigenvalue weighted by Crippen LogP contribution is -2.62. The minimum absolute atomic E-state index is 0.0959. The predicted octanol–water partition coefficient (Wildman–Crippen LogP) is 2.47. The zero-order valence-corrected chi connectivity index (χ0v) is 15.5. The van der Waals surface area contributed by atoms with Gasteiger partial charge in [0.25, 0.3) is 0 Å². The summed E-state index contributed by atoms with van der Waals surface area (Å²) in [5, 5.41) is 6.59. The van der Waals surface area contributed by atoms with Gasteiger partial charge in [-0.15, -0.1) is 0 Å². The van der Waals surface area contributed by atoms with Crippen molar-refractivity contribution in [3.63, 3.8) is 0 Å². The second-order valence-corrected chi connectivity index (χ2v) is 7.49. The average molecular weight is 365 g/mol. The predicted molar refractivity (Wildman–Crippen MR) is 99.0 cm³/mol. The molecule has 1 aromatic rings. The van der Waals surface area contributed by atoms with Crippen molar-refractivity contribution in [3.05, 3.63) is 28.8 Å². The Labute approximate surface area is 153 Å². The molecule has 0 bridgehead atoms. The maximum atomic E-state index is 12.8. The number of carbonyl (C=O) groups is 2. The molecule has 7 heteroatoms. The molecule has 0 aliphatic carbocycles. The minimum Gasteiger partial charge on any atom is -0.356 e. The van der Waals surface area contributed by atoms with E-state index in [1.54, 1.807) is 6.07 Å². The molecule has 25 heavy (non-hydrogen) atoms. The molecule has 1 atom stereocenters. The Morgan fingerprint density at radius 1 is 1.32 bits per heavy atom. The summed E-state index contributed by atoms with van der Waals surface area (Å²) >= 11 is 5.98. The Bertz CT molecular complexity index is 681. The zero-order chi connectivity index (χ0) is 18.0. The molecule has 2 heterocycles. The number of amides is 3. The Balaban J connectivity index is 1.71. The number of aryl methyl sites for hydroxylation is 1. The van der Waals surface area contributed by atoms with E-state index >= 15 is 0 Å². The molecule has 0 radical (unpaired) electrons. The van der Waals surface area contributed by atoms with Crippen molar-refractivity contribution in [2.75, 3.05) is 38.5 Å². The number of piperazine rings is 1. The van der Waals surface area contributed by atoms with Crippen LogP contribution in [0.2, 0.25) is 5.02 Å².